The summed E-state index contributed by atoms with van der Waals surface area (Å²) in [5.74, 6) is -2.18. The Hall–Kier alpha value is -0.0400. The van der Waals surface area contributed by atoms with Gasteiger partial charge >= 0.3 is 11.9 Å². The second-order valence-electron chi connectivity index (χ2n) is 5.04. The minimum atomic E-state index is -1.31. The number of hydrogen-bond acceptors (Lipinski definition) is 6. The fraction of sp³-hybridized carbons (Fsp3) is 0.467. The Morgan fingerprint density at radius 2 is 1.54 bits per heavy atom. The van der Waals surface area contributed by atoms with Crippen LogP contribution in [0.4, 0.5) is 0 Å². The van der Waals surface area contributed by atoms with Crippen molar-refractivity contribution >= 4 is 75.7 Å². The van der Waals surface area contributed by atoms with E-state index in [0.29, 0.717) is 28.4 Å². The molecule has 0 amide bonds. The van der Waals surface area contributed by atoms with Gasteiger partial charge in [0.2, 0.25) is 0 Å². The van der Waals surface area contributed by atoms with E-state index in [2.05, 4.69) is 63.7 Å². The number of ether oxygens (including phenoxy) is 2. The number of hydrogen-bond donors (Lipinski definition) is 3. The Kier molecular flexibility index (Phi) is 10.8. The van der Waals surface area contributed by atoms with Gasteiger partial charge in [-0.2, -0.15) is 0 Å². The Morgan fingerprint density at radius 1 is 0.962 bits per heavy atom. The largest absolute Gasteiger partial charge is 0.478 e. The van der Waals surface area contributed by atoms with E-state index >= 15 is 0 Å². The molecule has 1 unspecified atom stereocenters. The molecule has 11 heteroatoms. The third kappa shape index (κ3) is 6.54. The fourth-order valence-corrected chi connectivity index (χ4v) is 4.39. The highest BCUT2D eigenvalue weighted by molar-refractivity contribution is 9.15. The van der Waals surface area contributed by atoms with E-state index in [1.54, 1.807) is 0 Å². The van der Waals surface area contributed by atoms with Crippen molar-refractivity contribution in [2.24, 2.45) is 0 Å². The second kappa shape index (κ2) is 11.7. The molecule has 0 aliphatic heterocycles. The molecule has 1 aromatic rings. The maximum atomic E-state index is 12.4. The molecule has 0 heterocycles. The topological polar surface area (TPSA) is 113 Å². The molecule has 0 aliphatic carbocycles. The van der Waals surface area contributed by atoms with Gasteiger partial charge in [0.1, 0.15) is 6.61 Å². The van der Waals surface area contributed by atoms with E-state index in [0.717, 1.165) is 0 Å². The predicted octanol–water partition coefficient (Wildman–Crippen LogP) is 3.74. The Morgan fingerprint density at radius 3 is 2.08 bits per heavy atom. The minimum Gasteiger partial charge on any atom is -0.478 e. The number of carbonyl (C=O) groups is 2. The first-order valence-corrected chi connectivity index (χ1v) is 10.5. The summed E-state index contributed by atoms with van der Waals surface area (Å²) in [7, 11) is 0. The summed E-state index contributed by atoms with van der Waals surface area (Å²) in [6, 6.07) is 0. The molecule has 0 fully saturated rings. The maximum absolute atomic E-state index is 12.4. The Balaban J connectivity index is 2.80. The molecule has 0 bridgehead atoms. The van der Waals surface area contributed by atoms with Crippen LogP contribution in [0.5, 0.6) is 0 Å². The van der Waals surface area contributed by atoms with Crippen LogP contribution in [0.2, 0.25) is 0 Å². The van der Waals surface area contributed by atoms with Crippen LogP contribution < -0.4 is 0 Å². The molecule has 0 aromatic heterocycles. The molecular weight excluding hydrogens is 612 g/mol. The number of esters is 1. The highest BCUT2D eigenvalue weighted by atomic mass is 79.9. The van der Waals surface area contributed by atoms with E-state index in [9.17, 15) is 19.8 Å². The smallest absolute Gasteiger partial charge is 0.340 e. The zero-order chi connectivity index (χ0) is 19.9. The van der Waals surface area contributed by atoms with Crippen LogP contribution in [0.3, 0.4) is 0 Å². The molecule has 1 atom stereocenters. The summed E-state index contributed by atoms with van der Waals surface area (Å²) in [5.41, 5.74) is -0.429. The molecule has 0 spiro atoms. The van der Waals surface area contributed by atoms with Gasteiger partial charge in [0.25, 0.3) is 0 Å². The van der Waals surface area contributed by atoms with Gasteiger partial charge in [-0.05, 0) is 76.6 Å². The molecule has 1 rings (SSSR count). The van der Waals surface area contributed by atoms with Crippen molar-refractivity contribution in [3.8, 4) is 0 Å². The lowest BCUT2D eigenvalue weighted by Crippen LogP contribution is -2.21. The van der Waals surface area contributed by atoms with Gasteiger partial charge in [-0.25, -0.2) is 9.59 Å². The summed E-state index contributed by atoms with van der Waals surface area (Å²) < 4.78 is 11.4. The zero-order valence-electron chi connectivity index (χ0n) is 13.3. The molecule has 0 saturated carbocycles. The van der Waals surface area contributed by atoms with Crippen molar-refractivity contribution in [3.05, 3.63) is 29.0 Å². The lowest BCUT2D eigenvalue weighted by atomic mass is 10.1. The summed E-state index contributed by atoms with van der Waals surface area (Å²) >= 11 is 12.8. The highest BCUT2D eigenvalue weighted by Gasteiger charge is 2.29. The van der Waals surface area contributed by atoms with E-state index in [-0.39, 0.29) is 39.9 Å². The molecule has 7 nitrogen and oxygen atoms in total. The standard InChI is InChI=1S/C15H16Br4O7/c16-10-8(14(22)23)9(11(17)13(19)12(10)18)15(24)26-6-7(21)2-1-4-25-5-3-20/h7,20-21H,1-6H2,(H,22,23). The van der Waals surface area contributed by atoms with Gasteiger partial charge in [0.15, 0.2) is 0 Å². The van der Waals surface area contributed by atoms with Crippen LogP contribution in [0.15, 0.2) is 17.9 Å². The summed E-state index contributed by atoms with van der Waals surface area (Å²) in [6.07, 6.45) is -0.0524. The quantitative estimate of drug-likeness (QED) is 0.157. The molecule has 0 radical (unpaired) electrons. The van der Waals surface area contributed by atoms with Crippen molar-refractivity contribution in [3.63, 3.8) is 0 Å². The Labute approximate surface area is 183 Å². The van der Waals surface area contributed by atoms with Crippen molar-refractivity contribution in [2.45, 2.75) is 18.9 Å². The first-order chi connectivity index (χ1) is 12.2. The summed E-state index contributed by atoms with van der Waals surface area (Å²) in [5, 5.41) is 27.9. The highest BCUT2D eigenvalue weighted by Crippen LogP contribution is 2.42. The lowest BCUT2D eigenvalue weighted by molar-refractivity contribution is 0.0195. The number of aliphatic hydroxyl groups is 2. The predicted molar refractivity (Wildman–Crippen MR) is 108 cm³/mol. The number of carboxylic acids is 1. The molecule has 0 saturated heterocycles. The van der Waals surface area contributed by atoms with Crippen LogP contribution in [-0.4, -0.2) is 59.8 Å². The number of carbonyl (C=O) groups excluding carboxylic acids is 1. The van der Waals surface area contributed by atoms with Gasteiger partial charge in [-0.3, -0.25) is 0 Å². The van der Waals surface area contributed by atoms with E-state index in [1.165, 1.54) is 0 Å². The lowest BCUT2D eigenvalue weighted by Gasteiger charge is -2.16. The first kappa shape index (κ1) is 24.0. The van der Waals surface area contributed by atoms with E-state index in [1.807, 2.05) is 0 Å². The number of aliphatic hydroxyl groups excluding tert-OH is 2. The normalized spacial score (nSPS) is 12.1. The summed E-state index contributed by atoms with van der Waals surface area (Å²) in [4.78, 5) is 23.9. The van der Waals surface area contributed by atoms with Gasteiger partial charge in [-0.15, -0.1) is 0 Å². The van der Waals surface area contributed by atoms with Crippen molar-refractivity contribution in [2.75, 3.05) is 26.4 Å². The average Bonchev–Trinajstić information content (AvgIpc) is 2.60. The minimum absolute atomic E-state index is 0.0702. The van der Waals surface area contributed by atoms with Crippen molar-refractivity contribution in [1.82, 2.24) is 0 Å². The van der Waals surface area contributed by atoms with Gasteiger partial charge < -0.3 is 24.8 Å². The monoisotopic (exact) mass is 624 g/mol. The number of carboxylic acid groups (broad SMARTS) is 1. The molecular formula is C15H16Br4O7. The molecule has 26 heavy (non-hydrogen) atoms. The number of halogens is 4. The van der Waals surface area contributed by atoms with E-state index in [4.69, 9.17) is 14.6 Å². The molecule has 0 aliphatic rings. The fourth-order valence-electron chi connectivity index (χ4n) is 1.94. The van der Waals surface area contributed by atoms with Crippen LogP contribution >= 0.6 is 63.7 Å². The van der Waals surface area contributed by atoms with Crippen LogP contribution in [-0.2, 0) is 9.47 Å². The third-order valence-corrected chi connectivity index (χ3v) is 7.92. The summed E-state index contributed by atoms with van der Waals surface area (Å²) in [6.45, 7) is 0.242. The van der Waals surface area contributed by atoms with E-state index < -0.39 is 18.0 Å². The second-order valence-corrected chi connectivity index (χ2v) is 8.21. The molecule has 146 valence electrons. The van der Waals surface area contributed by atoms with Gasteiger partial charge in [-0.1, -0.05) is 0 Å². The Bertz CT molecular complexity index is 666. The van der Waals surface area contributed by atoms with Gasteiger partial charge in [0.05, 0.1) is 30.4 Å². The van der Waals surface area contributed by atoms with Crippen LogP contribution in [0, 0.1) is 0 Å². The number of aromatic carboxylic acids is 1. The maximum Gasteiger partial charge on any atom is 0.340 e. The number of rotatable bonds is 10. The molecule has 3 N–H and O–H groups in total. The third-order valence-electron chi connectivity index (χ3n) is 3.15. The number of benzene rings is 1. The van der Waals surface area contributed by atoms with Crippen LogP contribution in [0.1, 0.15) is 33.6 Å². The zero-order valence-corrected chi connectivity index (χ0v) is 19.7. The van der Waals surface area contributed by atoms with Gasteiger partial charge in [0, 0.05) is 24.5 Å². The average molecular weight is 628 g/mol. The van der Waals surface area contributed by atoms with Crippen molar-refractivity contribution < 1.29 is 34.4 Å². The first-order valence-electron chi connectivity index (χ1n) is 7.35. The van der Waals surface area contributed by atoms with Crippen LogP contribution in [0.25, 0.3) is 0 Å². The SMILES string of the molecule is O=C(O)c1c(Br)c(Br)c(Br)c(Br)c1C(=O)OCC(O)CCCOCCO. The molecule has 1 aromatic carbocycles. The van der Waals surface area contributed by atoms with Crippen molar-refractivity contribution in [1.29, 1.82) is 0 Å².